The van der Waals surface area contributed by atoms with Gasteiger partial charge >= 0.3 is 5.97 Å². The van der Waals surface area contributed by atoms with Gasteiger partial charge in [0.15, 0.2) is 11.5 Å². The fraction of sp³-hybridized carbons (Fsp3) is 0.500. The summed E-state index contributed by atoms with van der Waals surface area (Å²) in [6.45, 7) is 14.4. The lowest BCUT2D eigenvalue weighted by Gasteiger charge is -2.22. The summed E-state index contributed by atoms with van der Waals surface area (Å²) >= 11 is 1.72. The Hall–Kier alpha value is -2.68. The van der Waals surface area contributed by atoms with Crippen LogP contribution in [0.4, 0.5) is 0 Å². The topological polar surface area (TPSA) is 72.9 Å². The Bertz CT molecular complexity index is 1230. The molecule has 0 radical (unpaired) electrons. The first-order valence-corrected chi connectivity index (χ1v) is 13.7. The van der Waals surface area contributed by atoms with Gasteiger partial charge in [-0.05, 0) is 70.1 Å². The molecule has 0 unspecified atom stereocenters. The summed E-state index contributed by atoms with van der Waals surface area (Å²) in [5.74, 6) is 0.982. The summed E-state index contributed by atoms with van der Waals surface area (Å²) in [5.41, 5.74) is 4.37. The molecule has 0 aliphatic carbocycles. The van der Waals surface area contributed by atoms with Gasteiger partial charge in [0.2, 0.25) is 0 Å². The van der Waals surface area contributed by atoms with Crippen LogP contribution < -0.4 is 14.8 Å². The zero-order valence-corrected chi connectivity index (χ0v) is 23.0. The SMILES string of the molecule is CCOC(=O)c1c(CN(CC)CC)nc2sc3c(c2c1-c1ccc(OC(C)C)c(OC)c1)CCNC3. The van der Waals surface area contributed by atoms with Crippen LogP contribution in [0.5, 0.6) is 11.5 Å². The van der Waals surface area contributed by atoms with E-state index in [1.54, 1.807) is 18.4 Å². The van der Waals surface area contributed by atoms with Crippen LogP contribution in [-0.4, -0.2) is 55.3 Å². The number of aromatic nitrogens is 1. The van der Waals surface area contributed by atoms with Gasteiger partial charge in [-0.25, -0.2) is 9.78 Å². The van der Waals surface area contributed by atoms with Gasteiger partial charge in [0, 0.05) is 28.9 Å². The Balaban J connectivity index is 2.05. The third-order valence-corrected chi connectivity index (χ3v) is 7.62. The fourth-order valence-corrected chi connectivity index (χ4v) is 5.98. The molecule has 194 valence electrons. The molecule has 0 fully saturated rings. The Morgan fingerprint density at radius 3 is 2.64 bits per heavy atom. The quantitative estimate of drug-likeness (QED) is 0.364. The van der Waals surface area contributed by atoms with Crippen molar-refractivity contribution in [2.75, 3.05) is 33.4 Å². The number of fused-ring (bicyclic) bond motifs is 3. The van der Waals surface area contributed by atoms with Crippen molar-refractivity contribution in [3.05, 3.63) is 39.9 Å². The number of carbonyl (C=O) groups is 1. The summed E-state index contributed by atoms with van der Waals surface area (Å²) in [4.78, 5) is 23.2. The Morgan fingerprint density at radius 2 is 1.97 bits per heavy atom. The highest BCUT2D eigenvalue weighted by Gasteiger charge is 2.29. The molecule has 4 rings (SSSR count). The van der Waals surface area contributed by atoms with Crippen molar-refractivity contribution in [1.82, 2.24) is 15.2 Å². The largest absolute Gasteiger partial charge is 0.493 e. The highest BCUT2D eigenvalue weighted by atomic mass is 32.1. The molecule has 8 heteroatoms. The van der Waals surface area contributed by atoms with Crippen LogP contribution in [0, 0.1) is 0 Å². The van der Waals surface area contributed by atoms with Crippen LogP contribution in [0.15, 0.2) is 18.2 Å². The normalized spacial score (nSPS) is 13.3. The lowest BCUT2D eigenvalue weighted by atomic mass is 9.91. The number of carbonyl (C=O) groups excluding carboxylic acids is 1. The fourth-order valence-electron chi connectivity index (χ4n) is 4.76. The first-order chi connectivity index (χ1) is 17.4. The highest BCUT2D eigenvalue weighted by molar-refractivity contribution is 7.19. The number of thiophene rings is 1. The van der Waals surface area contributed by atoms with Crippen LogP contribution >= 0.6 is 11.3 Å². The molecule has 1 aliphatic heterocycles. The minimum Gasteiger partial charge on any atom is -0.493 e. The first kappa shape index (κ1) is 26.4. The molecule has 7 nitrogen and oxygen atoms in total. The van der Waals surface area contributed by atoms with Gasteiger partial charge in [0.05, 0.1) is 31.1 Å². The minimum absolute atomic E-state index is 0.0181. The van der Waals surface area contributed by atoms with Gasteiger partial charge in [0.1, 0.15) is 4.83 Å². The van der Waals surface area contributed by atoms with Crippen molar-refractivity contribution >= 4 is 27.5 Å². The van der Waals surface area contributed by atoms with E-state index < -0.39 is 0 Å². The maximum Gasteiger partial charge on any atom is 0.340 e. The smallest absolute Gasteiger partial charge is 0.340 e. The Morgan fingerprint density at radius 1 is 1.19 bits per heavy atom. The number of nitrogens with one attached hydrogen (secondary N) is 1. The van der Waals surface area contributed by atoms with Crippen LogP contribution in [0.1, 0.15) is 61.1 Å². The predicted molar refractivity (Wildman–Crippen MR) is 145 cm³/mol. The first-order valence-electron chi connectivity index (χ1n) is 12.8. The highest BCUT2D eigenvalue weighted by Crippen LogP contribution is 2.44. The van der Waals surface area contributed by atoms with E-state index in [1.807, 2.05) is 39.0 Å². The van der Waals surface area contributed by atoms with E-state index in [-0.39, 0.29) is 12.1 Å². The molecule has 0 amide bonds. The molecule has 3 aromatic rings. The van der Waals surface area contributed by atoms with Crippen LogP contribution in [0.3, 0.4) is 0 Å². The number of nitrogens with zero attached hydrogens (tertiary/aromatic N) is 2. The number of benzene rings is 1. The molecule has 0 bridgehead atoms. The average molecular weight is 512 g/mol. The number of pyridine rings is 1. The van der Waals surface area contributed by atoms with Gasteiger partial charge in [-0.3, -0.25) is 4.90 Å². The predicted octanol–water partition coefficient (Wildman–Crippen LogP) is 5.42. The molecular formula is C28H37N3O4S. The van der Waals surface area contributed by atoms with Crippen LogP contribution in [-0.2, 0) is 24.2 Å². The number of hydrogen-bond donors (Lipinski definition) is 1. The number of hydrogen-bond acceptors (Lipinski definition) is 8. The van der Waals surface area contributed by atoms with E-state index in [0.29, 0.717) is 30.2 Å². The van der Waals surface area contributed by atoms with E-state index in [0.717, 1.165) is 59.6 Å². The van der Waals surface area contributed by atoms with Crippen molar-refractivity contribution in [3.63, 3.8) is 0 Å². The monoisotopic (exact) mass is 511 g/mol. The number of methoxy groups -OCH3 is 1. The second kappa shape index (κ2) is 11.6. The molecule has 0 atom stereocenters. The molecule has 36 heavy (non-hydrogen) atoms. The summed E-state index contributed by atoms with van der Waals surface area (Å²) in [5, 5.41) is 4.53. The molecule has 0 saturated heterocycles. The average Bonchev–Trinajstić information content (AvgIpc) is 3.24. The molecule has 0 spiro atoms. The zero-order valence-electron chi connectivity index (χ0n) is 22.2. The van der Waals surface area contributed by atoms with E-state index in [2.05, 4.69) is 24.1 Å². The van der Waals surface area contributed by atoms with Crippen molar-refractivity contribution in [1.29, 1.82) is 0 Å². The Labute approximate surface area is 217 Å². The third kappa shape index (κ3) is 5.21. The van der Waals surface area contributed by atoms with Crippen LogP contribution in [0.2, 0.25) is 0 Å². The number of rotatable bonds is 10. The molecular weight excluding hydrogens is 474 g/mol. The van der Waals surface area contributed by atoms with Gasteiger partial charge in [0.25, 0.3) is 0 Å². The van der Waals surface area contributed by atoms with E-state index in [9.17, 15) is 4.79 Å². The number of esters is 1. The van der Waals surface area contributed by atoms with Crippen LogP contribution in [0.25, 0.3) is 21.3 Å². The lowest BCUT2D eigenvalue weighted by molar-refractivity contribution is 0.0524. The van der Waals surface area contributed by atoms with Crippen molar-refractivity contribution in [2.45, 2.75) is 60.2 Å². The van der Waals surface area contributed by atoms with Crippen molar-refractivity contribution in [3.8, 4) is 22.6 Å². The van der Waals surface area contributed by atoms with Gasteiger partial charge in [-0.15, -0.1) is 11.3 Å². The molecule has 1 aliphatic rings. The lowest BCUT2D eigenvalue weighted by Crippen LogP contribution is -2.25. The van der Waals surface area contributed by atoms with Crippen molar-refractivity contribution < 1.29 is 19.0 Å². The molecule has 1 N–H and O–H groups in total. The summed E-state index contributed by atoms with van der Waals surface area (Å²) < 4.78 is 17.3. The molecule has 2 aromatic heterocycles. The van der Waals surface area contributed by atoms with E-state index in [1.165, 1.54) is 10.4 Å². The zero-order chi connectivity index (χ0) is 25.8. The number of ether oxygens (including phenoxy) is 3. The van der Waals surface area contributed by atoms with Gasteiger partial charge in [-0.2, -0.15) is 0 Å². The van der Waals surface area contributed by atoms with Crippen molar-refractivity contribution in [2.24, 2.45) is 0 Å². The second-order valence-corrected chi connectivity index (χ2v) is 10.2. The summed E-state index contributed by atoms with van der Waals surface area (Å²) in [7, 11) is 1.64. The third-order valence-electron chi connectivity index (χ3n) is 6.50. The molecule has 0 saturated carbocycles. The molecule has 3 heterocycles. The summed E-state index contributed by atoms with van der Waals surface area (Å²) in [6.07, 6.45) is 0.914. The standard InChI is InChI=1S/C28H37N3O4S/c1-7-31(8-2)16-20-26(28(32)34-9-3)24(18-10-11-21(35-17(4)5)22(14-18)33-6)25-19-12-13-29-15-23(19)36-27(25)30-20/h10-11,14,17,29H,7-9,12-13,15-16H2,1-6H3. The summed E-state index contributed by atoms with van der Waals surface area (Å²) in [6, 6.07) is 5.92. The van der Waals surface area contributed by atoms with Gasteiger partial charge < -0.3 is 19.5 Å². The maximum atomic E-state index is 13.6. The van der Waals surface area contributed by atoms with E-state index in [4.69, 9.17) is 19.2 Å². The maximum absolute atomic E-state index is 13.6. The van der Waals surface area contributed by atoms with Gasteiger partial charge in [-0.1, -0.05) is 19.9 Å². The second-order valence-electron chi connectivity index (χ2n) is 9.13. The van der Waals surface area contributed by atoms with E-state index >= 15 is 0 Å². The minimum atomic E-state index is -0.334. The molecule has 1 aromatic carbocycles. The Kier molecular flexibility index (Phi) is 8.49.